The second-order valence-corrected chi connectivity index (χ2v) is 9.09. The highest BCUT2D eigenvalue weighted by Gasteiger charge is 2.47. The minimum absolute atomic E-state index is 0.558. The van der Waals surface area contributed by atoms with Crippen molar-refractivity contribution in [1.29, 1.82) is 0 Å². The van der Waals surface area contributed by atoms with Crippen LogP contribution in [0.1, 0.15) is 18.4 Å². The highest BCUT2D eigenvalue weighted by atomic mass is 16.4. The number of carbonyl (C=O) groups is 2. The molecule has 4 aliphatic rings. The second kappa shape index (κ2) is 9.53. The molecule has 3 aliphatic heterocycles. The van der Waals surface area contributed by atoms with E-state index in [1.165, 1.54) is 54.9 Å². The van der Waals surface area contributed by atoms with E-state index in [1.807, 2.05) is 12.4 Å². The number of aromatic nitrogens is 1. The number of piperidine rings is 3. The molecule has 3 N–H and O–H groups in total. The van der Waals surface area contributed by atoms with E-state index in [1.54, 1.807) is 0 Å². The van der Waals surface area contributed by atoms with Crippen molar-refractivity contribution in [2.75, 3.05) is 25.0 Å². The van der Waals surface area contributed by atoms with Crippen molar-refractivity contribution >= 4 is 17.6 Å². The number of carboxylic acids is 2. The van der Waals surface area contributed by atoms with E-state index in [0.29, 0.717) is 18.2 Å². The highest BCUT2D eigenvalue weighted by Crippen LogP contribution is 2.44. The van der Waals surface area contributed by atoms with E-state index < -0.39 is 11.9 Å². The lowest BCUT2D eigenvalue weighted by atomic mass is 9.65. The Balaban J connectivity index is 0.000000265. The summed E-state index contributed by atoms with van der Waals surface area (Å²) in [5.41, 5.74) is 4.93. The summed E-state index contributed by atoms with van der Waals surface area (Å²) in [5, 5.41) is 19.5. The van der Waals surface area contributed by atoms with Gasteiger partial charge in [-0.3, -0.25) is 4.98 Å². The highest BCUT2D eigenvalue weighted by molar-refractivity contribution is 5.89. The predicted molar refractivity (Wildman–Crippen MR) is 122 cm³/mol. The number of anilines is 1. The zero-order valence-electron chi connectivity index (χ0n) is 18.1. The first-order valence-electron chi connectivity index (χ1n) is 11.0. The first-order chi connectivity index (χ1) is 15.4. The van der Waals surface area contributed by atoms with Crippen LogP contribution in [0.15, 0.2) is 54.9 Å². The summed E-state index contributed by atoms with van der Waals surface area (Å²) in [5.74, 6) is 0.0786. The van der Waals surface area contributed by atoms with Crippen LogP contribution < -0.4 is 5.32 Å². The summed E-state index contributed by atoms with van der Waals surface area (Å²) in [7, 11) is 0. The molecular weight excluding hydrogens is 406 g/mol. The average Bonchev–Trinajstić information content (AvgIpc) is 2.75. The summed E-state index contributed by atoms with van der Waals surface area (Å²) >= 11 is 0. The van der Waals surface area contributed by atoms with Crippen LogP contribution >= 0.6 is 0 Å². The van der Waals surface area contributed by atoms with E-state index in [-0.39, 0.29) is 0 Å². The quantitative estimate of drug-likeness (QED) is 0.618. The Morgan fingerprint density at radius 1 is 1.00 bits per heavy atom. The molecule has 1 saturated carbocycles. The Kier molecular flexibility index (Phi) is 6.55. The monoisotopic (exact) mass is 435 g/mol. The molecule has 0 radical (unpaired) electrons. The third-order valence-electron chi connectivity index (χ3n) is 6.58. The van der Waals surface area contributed by atoms with Crippen molar-refractivity contribution in [1.82, 2.24) is 9.88 Å². The predicted octanol–water partition coefficient (Wildman–Crippen LogP) is 3.52. The fourth-order valence-electron chi connectivity index (χ4n) is 5.48. The Hall–Kier alpha value is -3.19. The minimum atomic E-state index is -1.26. The molecular formula is C25H29N3O4. The van der Waals surface area contributed by atoms with Crippen LogP contribution in [0, 0.1) is 24.7 Å². The topological polar surface area (TPSA) is 103 Å². The zero-order chi connectivity index (χ0) is 22.7. The van der Waals surface area contributed by atoms with E-state index in [4.69, 9.17) is 10.2 Å². The van der Waals surface area contributed by atoms with Crippen molar-refractivity contribution in [3.05, 3.63) is 60.4 Å². The molecule has 7 nitrogen and oxygen atoms in total. The molecule has 1 aromatic carbocycles. The summed E-state index contributed by atoms with van der Waals surface area (Å²) < 4.78 is 0. The standard InChI is InChI=1S/C21H25N3.C4H4O4/c1-14-3-2-4-16(5-14)17-8-20(10-22-9-17)23-21-18-6-15-7-19(21)13-24(11-15)12-18;5-3(6)1-2-4(7)8/h2-5,8-10,15,18-19,21,23H,6-7,11-13H2,1H3;1-2H,(H,5,6)(H,7,8)/b;2-1+. The van der Waals surface area contributed by atoms with Gasteiger partial charge in [-0.2, -0.15) is 0 Å². The lowest BCUT2D eigenvalue weighted by molar-refractivity contribution is -0.134. The van der Waals surface area contributed by atoms with Gasteiger partial charge in [0.25, 0.3) is 0 Å². The molecule has 4 bridgehead atoms. The molecule has 1 aromatic heterocycles. The second-order valence-electron chi connectivity index (χ2n) is 9.09. The maximum atomic E-state index is 9.55. The molecule has 4 fully saturated rings. The Labute approximate surface area is 187 Å². The number of nitrogens with one attached hydrogen (secondary N) is 1. The largest absolute Gasteiger partial charge is 0.478 e. The first-order valence-corrected chi connectivity index (χ1v) is 11.0. The lowest BCUT2D eigenvalue weighted by Gasteiger charge is -2.56. The van der Waals surface area contributed by atoms with Crippen molar-refractivity contribution < 1.29 is 19.8 Å². The molecule has 168 valence electrons. The SMILES string of the molecule is Cc1cccc(-c2cncc(NC3C4CC5CC3CN(C5)C4)c2)c1.O=C(O)/C=C/C(=O)O. The fraction of sp³-hybridized carbons (Fsp3) is 0.400. The van der Waals surface area contributed by atoms with Crippen LogP contribution in [-0.2, 0) is 9.59 Å². The van der Waals surface area contributed by atoms with Gasteiger partial charge < -0.3 is 20.4 Å². The minimum Gasteiger partial charge on any atom is -0.478 e. The third-order valence-corrected chi connectivity index (χ3v) is 6.58. The number of hydrogen-bond donors (Lipinski definition) is 3. The number of nitrogens with zero attached hydrogens (tertiary/aromatic N) is 2. The van der Waals surface area contributed by atoms with Crippen LogP contribution in [0.25, 0.3) is 11.1 Å². The van der Waals surface area contributed by atoms with Gasteiger partial charge in [0.05, 0.1) is 5.69 Å². The van der Waals surface area contributed by atoms with Crippen molar-refractivity contribution in [3.63, 3.8) is 0 Å². The maximum Gasteiger partial charge on any atom is 0.328 e. The van der Waals surface area contributed by atoms with Gasteiger partial charge in [-0.25, -0.2) is 9.59 Å². The van der Waals surface area contributed by atoms with E-state index in [0.717, 1.165) is 17.8 Å². The van der Waals surface area contributed by atoms with Gasteiger partial charge in [0.2, 0.25) is 0 Å². The van der Waals surface area contributed by atoms with Gasteiger partial charge in [0.15, 0.2) is 0 Å². The summed E-state index contributed by atoms with van der Waals surface area (Å²) in [6, 6.07) is 11.6. The smallest absolute Gasteiger partial charge is 0.328 e. The van der Waals surface area contributed by atoms with Crippen molar-refractivity contribution in [3.8, 4) is 11.1 Å². The summed E-state index contributed by atoms with van der Waals surface area (Å²) in [6.45, 7) is 6.07. The van der Waals surface area contributed by atoms with Crippen molar-refractivity contribution in [2.45, 2.75) is 25.8 Å². The maximum absolute atomic E-state index is 9.55. The molecule has 0 amide bonds. The van der Waals surface area contributed by atoms with Crippen molar-refractivity contribution in [2.24, 2.45) is 17.8 Å². The van der Waals surface area contributed by atoms with Crippen LogP contribution in [-0.4, -0.2) is 57.7 Å². The summed E-state index contributed by atoms with van der Waals surface area (Å²) in [4.78, 5) is 26.3. The fourth-order valence-corrected chi connectivity index (χ4v) is 5.48. The van der Waals surface area contributed by atoms with Gasteiger partial charge in [0.1, 0.15) is 0 Å². The molecule has 2 unspecified atom stereocenters. The molecule has 32 heavy (non-hydrogen) atoms. The van der Waals surface area contributed by atoms with Gasteiger partial charge in [0, 0.05) is 55.8 Å². The molecule has 0 spiro atoms. The van der Waals surface area contributed by atoms with Gasteiger partial charge in [-0.15, -0.1) is 0 Å². The number of carboxylic acid groups (broad SMARTS) is 2. The number of rotatable bonds is 5. The zero-order valence-corrected chi connectivity index (χ0v) is 18.1. The van der Waals surface area contributed by atoms with Crippen LogP contribution in [0.2, 0.25) is 0 Å². The number of aliphatic carboxylic acids is 2. The average molecular weight is 436 g/mol. The molecule has 3 saturated heterocycles. The molecule has 6 rings (SSSR count). The Morgan fingerprint density at radius 3 is 2.28 bits per heavy atom. The third kappa shape index (κ3) is 5.34. The Morgan fingerprint density at radius 2 is 1.69 bits per heavy atom. The molecule has 2 atom stereocenters. The van der Waals surface area contributed by atoms with E-state index in [9.17, 15) is 9.59 Å². The van der Waals surface area contributed by atoms with Crippen LogP contribution in [0.4, 0.5) is 5.69 Å². The number of aryl methyl sites for hydroxylation is 1. The number of pyridine rings is 1. The van der Waals surface area contributed by atoms with E-state index >= 15 is 0 Å². The van der Waals surface area contributed by atoms with E-state index in [2.05, 4.69) is 52.5 Å². The molecule has 7 heteroatoms. The Bertz CT molecular complexity index is 976. The summed E-state index contributed by atoms with van der Waals surface area (Å²) in [6.07, 6.45) is 7.91. The van der Waals surface area contributed by atoms with Gasteiger partial charge in [-0.1, -0.05) is 29.8 Å². The molecule has 2 aromatic rings. The number of benzene rings is 1. The van der Waals surface area contributed by atoms with Gasteiger partial charge >= 0.3 is 11.9 Å². The normalized spacial score (nSPS) is 27.6. The lowest BCUT2D eigenvalue weighted by Crippen LogP contribution is -2.62. The number of hydrogen-bond acceptors (Lipinski definition) is 5. The van der Waals surface area contributed by atoms with Gasteiger partial charge in [-0.05, 0) is 49.1 Å². The van der Waals surface area contributed by atoms with Crippen LogP contribution in [0.3, 0.4) is 0 Å². The molecule has 1 aliphatic carbocycles. The first kappa shape index (κ1) is 22.0. The molecule has 4 heterocycles. The van der Waals surface area contributed by atoms with Crippen LogP contribution in [0.5, 0.6) is 0 Å².